The third-order valence-corrected chi connectivity index (χ3v) is 3.07. The molecule has 0 spiro atoms. The molecule has 0 aromatic heterocycles. The fourth-order valence-electron chi connectivity index (χ4n) is 2.25. The molecule has 0 unspecified atom stereocenters. The Hall–Kier alpha value is -0.950. The van der Waals surface area contributed by atoms with Crippen LogP contribution in [-0.4, -0.2) is 0 Å². The molecule has 0 nitrogen and oxygen atoms in total. The molecule has 0 radical (unpaired) electrons. The van der Waals surface area contributed by atoms with E-state index in [-0.39, 0.29) is 25.8 Å². The maximum atomic E-state index is 3.38. The third-order valence-electron chi connectivity index (χ3n) is 3.07. The molecule has 0 heterocycles. The van der Waals surface area contributed by atoms with E-state index in [0.717, 1.165) is 12.8 Å². The zero-order valence-electron chi connectivity index (χ0n) is 9.61. The molecule has 0 N–H and O–H groups in total. The van der Waals surface area contributed by atoms with E-state index in [9.17, 15) is 0 Å². The summed E-state index contributed by atoms with van der Waals surface area (Å²) >= 11 is 0. The molecule has 0 atom stereocenters. The van der Waals surface area contributed by atoms with Gasteiger partial charge < -0.3 is 0 Å². The molecule has 0 amide bonds. The minimum absolute atomic E-state index is 0. The van der Waals surface area contributed by atoms with Crippen molar-refractivity contribution in [2.45, 2.75) is 12.8 Å². The molecule has 2 aliphatic carbocycles. The van der Waals surface area contributed by atoms with Gasteiger partial charge in [0.2, 0.25) is 0 Å². The first-order chi connectivity index (χ1) is 7.95. The summed E-state index contributed by atoms with van der Waals surface area (Å²) in [7, 11) is 0. The van der Waals surface area contributed by atoms with E-state index >= 15 is 0 Å². The van der Waals surface area contributed by atoms with Crippen molar-refractivity contribution in [1.82, 2.24) is 0 Å². The van der Waals surface area contributed by atoms with Gasteiger partial charge in [0.1, 0.15) is 0 Å². The second kappa shape index (κ2) is 5.59. The molecule has 1 heteroatoms. The first kappa shape index (κ1) is 12.5. The van der Waals surface area contributed by atoms with E-state index in [1.165, 1.54) is 22.3 Å². The fourth-order valence-corrected chi connectivity index (χ4v) is 2.25. The van der Waals surface area contributed by atoms with Gasteiger partial charge in [0, 0.05) is 25.8 Å². The Labute approximate surface area is 121 Å². The maximum absolute atomic E-state index is 3.38. The van der Waals surface area contributed by atoms with Gasteiger partial charge in [-0.25, -0.2) is 0 Å². The Bertz CT molecular complexity index is 481. The minimum atomic E-state index is 0. The molecule has 17 heavy (non-hydrogen) atoms. The summed E-state index contributed by atoms with van der Waals surface area (Å²) < 4.78 is 0. The van der Waals surface area contributed by atoms with Crippen LogP contribution >= 0.6 is 0 Å². The normalized spacial score (nSPS) is 16.7. The molecular weight excluding hydrogens is 371 g/mol. The van der Waals surface area contributed by atoms with Crippen LogP contribution in [0.5, 0.6) is 0 Å². The average Bonchev–Trinajstić information content (AvgIpc) is 3.03. The topological polar surface area (TPSA) is 0 Å². The van der Waals surface area contributed by atoms with Gasteiger partial charge in [-0.15, -0.1) is 47.0 Å². The molecule has 0 saturated heterocycles. The molecule has 0 saturated carbocycles. The molecule has 1 aromatic rings. The molecule has 0 bridgehead atoms. The van der Waals surface area contributed by atoms with E-state index in [1.807, 2.05) is 6.07 Å². The molecule has 3 rings (SSSR count). The Morgan fingerprint density at radius 2 is 1.65 bits per heavy atom. The Morgan fingerprint density at radius 3 is 2.29 bits per heavy atom. The molecule has 0 fully saturated rings. The maximum Gasteiger partial charge on any atom is 0 e. The Balaban J connectivity index is 0.00000108. The van der Waals surface area contributed by atoms with Gasteiger partial charge >= 0.3 is 0 Å². The number of allylic oxidation sites excluding steroid dienone is 8. The predicted molar refractivity (Wildman–Crippen MR) is 68.7 cm³/mol. The van der Waals surface area contributed by atoms with Crippen LogP contribution in [0.25, 0.3) is 11.1 Å². The summed E-state index contributed by atoms with van der Waals surface area (Å²) in [5.74, 6) is 0. The van der Waals surface area contributed by atoms with Gasteiger partial charge in [0.25, 0.3) is 0 Å². The van der Waals surface area contributed by atoms with E-state index in [4.69, 9.17) is 0 Å². The largest absolute Gasteiger partial charge is 0.147 e. The zero-order valence-corrected chi connectivity index (χ0v) is 13.2. The zero-order chi connectivity index (χ0) is 10.8. The van der Waals surface area contributed by atoms with Gasteiger partial charge in [-0.3, -0.25) is 0 Å². The van der Waals surface area contributed by atoms with Crippen molar-refractivity contribution < 1.29 is 25.8 Å². The van der Waals surface area contributed by atoms with Crippen LogP contribution in [0.3, 0.4) is 0 Å². The molecule has 0 aliphatic heterocycles. The van der Waals surface area contributed by atoms with Crippen molar-refractivity contribution in [2.75, 3.05) is 0 Å². The average molecular weight is 384 g/mol. The van der Waals surface area contributed by atoms with Crippen molar-refractivity contribution in [2.24, 2.45) is 0 Å². The minimum Gasteiger partial charge on any atom is -0.147 e. The van der Waals surface area contributed by atoms with Crippen molar-refractivity contribution in [3.8, 4) is 0 Å². The number of rotatable bonds is 2. The summed E-state index contributed by atoms with van der Waals surface area (Å²) in [6.07, 6.45) is 15.1. The van der Waals surface area contributed by atoms with Crippen LogP contribution in [0.1, 0.15) is 24.0 Å². The summed E-state index contributed by atoms with van der Waals surface area (Å²) in [5, 5.41) is 0. The summed E-state index contributed by atoms with van der Waals surface area (Å²) in [6.45, 7) is 0. The van der Waals surface area contributed by atoms with Crippen molar-refractivity contribution >= 4 is 11.1 Å². The van der Waals surface area contributed by atoms with Crippen LogP contribution in [0.15, 0.2) is 54.7 Å². The number of hydrogen-bond acceptors (Lipinski definition) is 0. The second-order valence-electron chi connectivity index (χ2n) is 4.11. The van der Waals surface area contributed by atoms with Crippen LogP contribution in [-0.2, 0) is 25.8 Å². The number of benzene rings is 1. The van der Waals surface area contributed by atoms with Gasteiger partial charge in [-0.1, -0.05) is 36.0 Å². The van der Waals surface area contributed by atoms with E-state index < -0.39 is 0 Å². The molecule has 82 valence electrons. The Morgan fingerprint density at radius 1 is 0.941 bits per heavy atom. The van der Waals surface area contributed by atoms with Crippen molar-refractivity contribution in [3.05, 3.63) is 71.8 Å². The Kier molecular flexibility index (Phi) is 4.11. The quantitative estimate of drug-likeness (QED) is 0.531. The fraction of sp³-hybridized carbons (Fsp3) is 0.125. The first-order valence-electron chi connectivity index (χ1n) is 5.68. The van der Waals surface area contributed by atoms with Crippen LogP contribution in [0, 0.1) is 6.07 Å². The monoisotopic (exact) mass is 385 g/mol. The van der Waals surface area contributed by atoms with Crippen LogP contribution in [0.2, 0.25) is 0 Å². The standard InChI is InChI=1S/C16H13.Hf/c1-2-8-13(7-1)15-11-5-6-12-16(15)14-9-3-4-10-14;/h1-7,9,11H,8,10H2;/q-1;. The van der Waals surface area contributed by atoms with Gasteiger partial charge in [-0.05, 0) is 12.8 Å². The van der Waals surface area contributed by atoms with Crippen LogP contribution in [0.4, 0.5) is 0 Å². The van der Waals surface area contributed by atoms with Gasteiger partial charge in [0.15, 0.2) is 0 Å². The van der Waals surface area contributed by atoms with Crippen molar-refractivity contribution in [1.29, 1.82) is 0 Å². The third kappa shape index (κ3) is 2.50. The van der Waals surface area contributed by atoms with E-state index in [2.05, 4.69) is 54.7 Å². The van der Waals surface area contributed by atoms with Crippen molar-refractivity contribution in [3.63, 3.8) is 0 Å². The van der Waals surface area contributed by atoms with Crippen LogP contribution < -0.4 is 0 Å². The van der Waals surface area contributed by atoms with E-state index in [0.29, 0.717) is 0 Å². The van der Waals surface area contributed by atoms with Gasteiger partial charge in [0.05, 0.1) is 0 Å². The SMILES string of the molecule is [Hf].[c-]1cccc(C2=CC=CC2)c1C1=CC=CC1. The molecular formula is C16H13Hf-. The summed E-state index contributed by atoms with van der Waals surface area (Å²) in [4.78, 5) is 0. The first-order valence-corrected chi connectivity index (χ1v) is 5.68. The second-order valence-corrected chi connectivity index (χ2v) is 4.11. The van der Waals surface area contributed by atoms with E-state index in [1.54, 1.807) is 0 Å². The summed E-state index contributed by atoms with van der Waals surface area (Å²) in [6, 6.07) is 9.65. The van der Waals surface area contributed by atoms with Gasteiger partial charge in [-0.2, -0.15) is 0 Å². The molecule has 2 aliphatic rings. The molecule has 1 aromatic carbocycles. The number of hydrogen-bond donors (Lipinski definition) is 0. The smallest absolute Gasteiger partial charge is 0 e. The predicted octanol–water partition coefficient (Wildman–Crippen LogP) is 4.17. The summed E-state index contributed by atoms with van der Waals surface area (Å²) in [5.41, 5.74) is 5.38.